The van der Waals surface area contributed by atoms with Crippen LogP contribution in [0, 0.1) is 0 Å². The number of aromatic hydroxyl groups is 1. The van der Waals surface area contributed by atoms with E-state index in [9.17, 15) is 5.11 Å². The average molecular weight is 298 g/mol. The lowest BCUT2D eigenvalue weighted by Crippen LogP contribution is -2.03. The normalized spacial score (nSPS) is 12.4. The first-order chi connectivity index (χ1) is 8.06. The van der Waals surface area contributed by atoms with Crippen LogP contribution in [-0.2, 0) is 0 Å². The molecule has 90 valence electrons. The lowest BCUT2D eigenvalue weighted by atomic mass is 10.1. The van der Waals surface area contributed by atoms with Crippen LogP contribution in [0.2, 0.25) is 0 Å². The molecule has 0 aliphatic heterocycles. The van der Waals surface area contributed by atoms with Gasteiger partial charge in [0, 0.05) is 17.3 Å². The van der Waals surface area contributed by atoms with E-state index in [4.69, 9.17) is 14.9 Å². The predicted octanol–water partition coefficient (Wildman–Crippen LogP) is 3.47. The quantitative estimate of drug-likeness (QED) is 0.672. The molecule has 0 amide bonds. The molecule has 0 radical (unpaired) electrons. The maximum Gasteiger partial charge on any atom is 0.285 e. The van der Waals surface area contributed by atoms with Gasteiger partial charge in [-0.3, -0.25) is 0 Å². The van der Waals surface area contributed by atoms with Crippen LogP contribution in [0.1, 0.15) is 18.6 Å². The first-order valence-electron chi connectivity index (χ1n) is 5.06. The highest BCUT2D eigenvalue weighted by molar-refractivity contribution is 9.10. The number of nitrogen functional groups attached to an aromatic ring is 1. The Bertz CT molecular complexity index is 524. The number of hydrogen-bond acceptors (Lipinski definition) is 4. The van der Waals surface area contributed by atoms with E-state index in [1.165, 1.54) is 0 Å². The molecule has 1 unspecified atom stereocenters. The maximum absolute atomic E-state index is 9.71. The Morgan fingerprint density at radius 2 is 2.12 bits per heavy atom. The minimum atomic E-state index is -0.350. The van der Waals surface area contributed by atoms with Crippen LogP contribution < -0.4 is 10.5 Å². The number of benzene rings is 1. The van der Waals surface area contributed by atoms with Crippen molar-refractivity contribution in [3.05, 3.63) is 40.6 Å². The molecule has 17 heavy (non-hydrogen) atoms. The van der Waals surface area contributed by atoms with Crippen molar-refractivity contribution < 1.29 is 14.3 Å². The number of furan rings is 1. The second-order valence-electron chi connectivity index (χ2n) is 3.64. The highest BCUT2D eigenvalue weighted by atomic mass is 79.9. The molecule has 1 heterocycles. The largest absolute Gasteiger partial charge is 0.508 e. The average Bonchev–Trinajstić information content (AvgIpc) is 2.67. The van der Waals surface area contributed by atoms with Gasteiger partial charge < -0.3 is 20.0 Å². The molecule has 0 bridgehead atoms. The summed E-state index contributed by atoms with van der Waals surface area (Å²) in [6.07, 6.45) is -0.350. The zero-order valence-electron chi connectivity index (χ0n) is 9.18. The van der Waals surface area contributed by atoms with Crippen molar-refractivity contribution in [1.29, 1.82) is 0 Å². The van der Waals surface area contributed by atoms with Gasteiger partial charge in [0.25, 0.3) is 5.95 Å². The van der Waals surface area contributed by atoms with Gasteiger partial charge in [0.2, 0.25) is 0 Å². The summed E-state index contributed by atoms with van der Waals surface area (Å²) >= 11 is 3.19. The zero-order chi connectivity index (χ0) is 12.4. The Labute approximate surface area is 107 Å². The Morgan fingerprint density at radius 1 is 1.35 bits per heavy atom. The Balaban J connectivity index is 2.19. The number of phenols is 1. The number of nitrogens with two attached hydrogens (primary N) is 1. The Hall–Kier alpha value is -1.62. The fourth-order valence-corrected chi connectivity index (χ4v) is 1.79. The molecule has 4 nitrogen and oxygen atoms in total. The van der Waals surface area contributed by atoms with Crippen molar-refractivity contribution in [1.82, 2.24) is 0 Å². The maximum atomic E-state index is 9.71. The lowest BCUT2D eigenvalue weighted by Gasteiger charge is -2.14. The van der Waals surface area contributed by atoms with Gasteiger partial charge in [-0.15, -0.1) is 0 Å². The van der Waals surface area contributed by atoms with Crippen LogP contribution in [0.3, 0.4) is 0 Å². The summed E-state index contributed by atoms with van der Waals surface area (Å²) in [4.78, 5) is 0. The fraction of sp³-hybridized carbons (Fsp3) is 0.167. The molecule has 0 aliphatic rings. The fourth-order valence-electron chi connectivity index (χ4n) is 1.50. The molecule has 2 aromatic rings. The van der Waals surface area contributed by atoms with Gasteiger partial charge >= 0.3 is 0 Å². The highest BCUT2D eigenvalue weighted by Gasteiger charge is 2.14. The Kier molecular flexibility index (Phi) is 3.28. The number of rotatable bonds is 3. The summed E-state index contributed by atoms with van der Waals surface area (Å²) in [5, 5.41) is 9.71. The van der Waals surface area contributed by atoms with Gasteiger partial charge in [-0.05, 0) is 47.1 Å². The highest BCUT2D eigenvalue weighted by Crippen LogP contribution is 2.31. The van der Waals surface area contributed by atoms with Crippen LogP contribution in [0.4, 0.5) is 5.69 Å². The molecule has 3 N–H and O–H groups in total. The van der Waals surface area contributed by atoms with Crippen molar-refractivity contribution in [3.63, 3.8) is 0 Å². The molecular weight excluding hydrogens is 286 g/mol. The summed E-state index contributed by atoms with van der Waals surface area (Å²) in [5.41, 5.74) is 6.87. The van der Waals surface area contributed by atoms with E-state index in [0.717, 1.165) is 0 Å². The third-order valence-electron chi connectivity index (χ3n) is 2.33. The van der Waals surface area contributed by atoms with E-state index in [1.807, 2.05) is 6.92 Å². The zero-order valence-corrected chi connectivity index (χ0v) is 10.8. The van der Waals surface area contributed by atoms with E-state index < -0.39 is 0 Å². The monoisotopic (exact) mass is 297 g/mol. The summed E-state index contributed by atoms with van der Waals surface area (Å²) in [6.45, 7) is 1.81. The number of halogens is 1. The van der Waals surface area contributed by atoms with Crippen LogP contribution in [-0.4, -0.2) is 5.11 Å². The van der Waals surface area contributed by atoms with Gasteiger partial charge in [-0.1, -0.05) is 0 Å². The molecule has 0 fully saturated rings. The number of phenolic OH excluding ortho intramolecular Hbond substituents is 1. The topological polar surface area (TPSA) is 68.6 Å². The number of hydrogen-bond donors (Lipinski definition) is 2. The molecule has 1 atom stereocenters. The summed E-state index contributed by atoms with van der Waals surface area (Å²) in [6, 6.07) is 8.29. The first-order valence-corrected chi connectivity index (χ1v) is 5.86. The predicted molar refractivity (Wildman–Crippen MR) is 68.0 cm³/mol. The van der Waals surface area contributed by atoms with Gasteiger partial charge in [0.05, 0.1) is 0 Å². The van der Waals surface area contributed by atoms with Crippen molar-refractivity contribution in [2.75, 3.05) is 5.73 Å². The van der Waals surface area contributed by atoms with Gasteiger partial charge in [-0.25, -0.2) is 0 Å². The van der Waals surface area contributed by atoms with E-state index in [0.29, 0.717) is 21.9 Å². The molecule has 2 rings (SSSR count). The van der Waals surface area contributed by atoms with Gasteiger partial charge in [-0.2, -0.15) is 0 Å². The standard InChI is InChI=1S/C12H12BrNO3/c1-7(16-12-5-4-11(13)17-12)9-6-8(14)2-3-10(9)15/h2-7,15H,14H2,1H3. The second-order valence-corrected chi connectivity index (χ2v) is 4.42. The second kappa shape index (κ2) is 4.71. The van der Waals surface area contributed by atoms with Crippen molar-refractivity contribution >= 4 is 21.6 Å². The van der Waals surface area contributed by atoms with E-state index in [1.54, 1.807) is 30.3 Å². The molecule has 0 saturated carbocycles. The van der Waals surface area contributed by atoms with E-state index in [-0.39, 0.29) is 11.9 Å². The van der Waals surface area contributed by atoms with Crippen molar-refractivity contribution in [2.45, 2.75) is 13.0 Å². The van der Waals surface area contributed by atoms with Crippen LogP contribution in [0.25, 0.3) is 0 Å². The molecule has 0 aliphatic carbocycles. The summed E-state index contributed by atoms with van der Waals surface area (Å²) < 4.78 is 11.4. The van der Waals surface area contributed by atoms with Gasteiger partial charge in [0.1, 0.15) is 11.9 Å². The SMILES string of the molecule is CC(Oc1ccc(Br)o1)c1cc(N)ccc1O. The third-order valence-corrected chi connectivity index (χ3v) is 2.76. The first kappa shape index (κ1) is 11.9. The molecule has 1 aromatic heterocycles. The lowest BCUT2D eigenvalue weighted by molar-refractivity contribution is 0.168. The summed E-state index contributed by atoms with van der Waals surface area (Å²) in [5.74, 6) is 0.531. The Morgan fingerprint density at radius 3 is 2.76 bits per heavy atom. The molecular formula is C12H12BrNO3. The minimum absolute atomic E-state index is 0.150. The van der Waals surface area contributed by atoms with Crippen molar-refractivity contribution in [2.24, 2.45) is 0 Å². The number of anilines is 1. The number of ether oxygens (including phenoxy) is 1. The third kappa shape index (κ3) is 2.74. The van der Waals surface area contributed by atoms with E-state index in [2.05, 4.69) is 15.9 Å². The smallest absolute Gasteiger partial charge is 0.285 e. The van der Waals surface area contributed by atoms with E-state index >= 15 is 0 Å². The van der Waals surface area contributed by atoms with Crippen LogP contribution >= 0.6 is 15.9 Å². The molecule has 5 heteroatoms. The van der Waals surface area contributed by atoms with Crippen LogP contribution in [0.15, 0.2) is 39.4 Å². The minimum Gasteiger partial charge on any atom is -0.508 e. The van der Waals surface area contributed by atoms with Crippen molar-refractivity contribution in [3.8, 4) is 11.7 Å². The molecule has 1 aromatic carbocycles. The molecule has 0 spiro atoms. The van der Waals surface area contributed by atoms with Gasteiger partial charge in [0.15, 0.2) is 4.67 Å². The van der Waals surface area contributed by atoms with Crippen LogP contribution in [0.5, 0.6) is 11.7 Å². The molecule has 0 saturated heterocycles. The summed E-state index contributed by atoms with van der Waals surface area (Å²) in [7, 11) is 0.